The van der Waals surface area contributed by atoms with E-state index in [2.05, 4.69) is 5.32 Å². The molecule has 0 aromatic heterocycles. The van der Waals surface area contributed by atoms with Crippen molar-refractivity contribution >= 4 is 6.09 Å². The molecule has 0 saturated heterocycles. The van der Waals surface area contributed by atoms with Gasteiger partial charge in [-0.05, 0) is 32.0 Å². The van der Waals surface area contributed by atoms with Crippen LogP contribution < -0.4 is 14.8 Å². The molecule has 6 nitrogen and oxygen atoms in total. The van der Waals surface area contributed by atoms with Crippen molar-refractivity contribution in [1.82, 2.24) is 5.32 Å². The third-order valence-electron chi connectivity index (χ3n) is 3.49. The molecular formula is C18H21NO5. The number of carbonyl (C=O) groups is 1. The number of aliphatic hydroxyl groups excluding tert-OH is 1. The lowest BCUT2D eigenvalue weighted by atomic mass is 9.98. The van der Waals surface area contributed by atoms with Gasteiger partial charge in [0.1, 0.15) is 17.5 Å². The maximum absolute atomic E-state index is 11.2. The van der Waals surface area contributed by atoms with Crippen LogP contribution in [0.2, 0.25) is 0 Å². The Kier molecular flexibility index (Phi) is 5.31. The molecule has 0 radical (unpaired) electrons. The predicted octanol–water partition coefficient (Wildman–Crippen LogP) is 3.00. The number of aromatic hydroxyl groups is 1. The SMILES string of the molecule is CNC(=O)Oc1cccc2c1OC(C)(C)C2O.Oc1ccccc1. The molecule has 24 heavy (non-hydrogen) atoms. The maximum atomic E-state index is 11.2. The summed E-state index contributed by atoms with van der Waals surface area (Å²) in [6, 6.07) is 13.8. The number of phenolic OH excluding ortho intramolecular Hbond substituents is 1. The van der Waals surface area contributed by atoms with Crippen LogP contribution in [-0.4, -0.2) is 29.0 Å². The van der Waals surface area contributed by atoms with E-state index in [1.807, 2.05) is 6.07 Å². The molecule has 1 aliphatic heterocycles. The number of fused-ring (bicyclic) bond motifs is 1. The number of hydrogen-bond acceptors (Lipinski definition) is 5. The molecule has 1 amide bonds. The van der Waals surface area contributed by atoms with Gasteiger partial charge in [0.2, 0.25) is 0 Å². The van der Waals surface area contributed by atoms with Crippen LogP contribution in [-0.2, 0) is 0 Å². The Balaban J connectivity index is 0.000000249. The number of carbonyl (C=O) groups excluding carboxylic acids is 1. The minimum atomic E-state index is -0.731. The van der Waals surface area contributed by atoms with E-state index in [0.29, 0.717) is 22.8 Å². The predicted molar refractivity (Wildman–Crippen MR) is 89.3 cm³/mol. The lowest BCUT2D eigenvalue weighted by molar-refractivity contribution is -0.000177. The van der Waals surface area contributed by atoms with Gasteiger partial charge in [-0.2, -0.15) is 0 Å². The van der Waals surface area contributed by atoms with Crippen molar-refractivity contribution in [3.05, 3.63) is 54.1 Å². The number of benzene rings is 2. The minimum Gasteiger partial charge on any atom is -0.508 e. The van der Waals surface area contributed by atoms with Gasteiger partial charge in [0.15, 0.2) is 11.5 Å². The van der Waals surface area contributed by atoms with E-state index in [0.717, 1.165) is 0 Å². The number of ether oxygens (including phenoxy) is 2. The molecule has 0 saturated carbocycles. The fraction of sp³-hybridized carbons (Fsp3) is 0.278. The van der Waals surface area contributed by atoms with Crippen LogP contribution in [0.25, 0.3) is 0 Å². The second kappa shape index (κ2) is 7.23. The Labute approximate surface area is 140 Å². The molecular weight excluding hydrogens is 310 g/mol. The summed E-state index contributed by atoms with van der Waals surface area (Å²) in [5, 5.41) is 21.0. The largest absolute Gasteiger partial charge is 0.508 e. The molecule has 0 fully saturated rings. The second-order valence-corrected chi connectivity index (χ2v) is 5.76. The lowest BCUT2D eigenvalue weighted by Gasteiger charge is -2.21. The molecule has 1 aliphatic rings. The van der Waals surface area contributed by atoms with Crippen molar-refractivity contribution in [3.63, 3.8) is 0 Å². The first-order valence-corrected chi connectivity index (χ1v) is 7.48. The summed E-state index contributed by atoms with van der Waals surface area (Å²) in [5.74, 6) is 1.06. The van der Waals surface area contributed by atoms with Gasteiger partial charge < -0.3 is 25.0 Å². The van der Waals surface area contributed by atoms with Crippen LogP contribution in [0.4, 0.5) is 4.79 Å². The Bertz CT molecular complexity index is 700. The highest BCUT2D eigenvalue weighted by atomic mass is 16.6. The number of hydrogen-bond donors (Lipinski definition) is 3. The highest BCUT2D eigenvalue weighted by Gasteiger charge is 2.41. The van der Waals surface area contributed by atoms with Crippen LogP contribution in [0.15, 0.2) is 48.5 Å². The number of aliphatic hydroxyl groups is 1. The van der Waals surface area contributed by atoms with Gasteiger partial charge in [0.05, 0.1) is 0 Å². The normalized spacial score (nSPS) is 16.9. The average Bonchev–Trinajstić information content (AvgIpc) is 2.80. The monoisotopic (exact) mass is 331 g/mol. The zero-order chi connectivity index (χ0) is 17.7. The molecule has 1 atom stereocenters. The van der Waals surface area contributed by atoms with Crippen molar-refractivity contribution in [2.45, 2.75) is 25.6 Å². The van der Waals surface area contributed by atoms with E-state index in [-0.39, 0.29) is 0 Å². The molecule has 3 N–H and O–H groups in total. The summed E-state index contributed by atoms with van der Waals surface area (Å²) in [6.07, 6.45) is -1.30. The van der Waals surface area contributed by atoms with Crippen molar-refractivity contribution in [2.75, 3.05) is 7.05 Å². The highest BCUT2D eigenvalue weighted by molar-refractivity contribution is 5.71. The van der Waals surface area contributed by atoms with E-state index in [1.54, 1.807) is 56.3 Å². The van der Waals surface area contributed by atoms with Gasteiger partial charge in [-0.25, -0.2) is 4.79 Å². The molecule has 6 heteroatoms. The quantitative estimate of drug-likeness (QED) is 0.747. The standard InChI is InChI=1S/C12H15NO4.C6H6O/c1-12(2)10(14)7-5-4-6-8(9(7)17-12)16-11(15)13-3;7-6-4-2-1-3-5-6/h4-6,10,14H,1-3H3,(H,13,15);1-5,7H. The van der Waals surface area contributed by atoms with Crippen molar-refractivity contribution in [3.8, 4) is 17.2 Å². The number of amides is 1. The van der Waals surface area contributed by atoms with Gasteiger partial charge >= 0.3 is 6.09 Å². The summed E-state index contributed by atoms with van der Waals surface area (Å²) in [7, 11) is 1.48. The van der Waals surface area contributed by atoms with Crippen LogP contribution >= 0.6 is 0 Å². The van der Waals surface area contributed by atoms with Crippen molar-refractivity contribution in [2.24, 2.45) is 0 Å². The van der Waals surface area contributed by atoms with Crippen molar-refractivity contribution < 1.29 is 24.5 Å². The summed E-state index contributed by atoms with van der Waals surface area (Å²) < 4.78 is 10.7. The first-order chi connectivity index (χ1) is 11.3. The van der Waals surface area contributed by atoms with Crippen LogP contribution in [0.3, 0.4) is 0 Å². The maximum Gasteiger partial charge on any atom is 0.412 e. The van der Waals surface area contributed by atoms with Crippen LogP contribution in [0.1, 0.15) is 25.5 Å². The second-order valence-electron chi connectivity index (χ2n) is 5.76. The van der Waals surface area contributed by atoms with Crippen LogP contribution in [0.5, 0.6) is 17.2 Å². The van der Waals surface area contributed by atoms with E-state index in [9.17, 15) is 9.90 Å². The molecule has 0 aliphatic carbocycles. The minimum absolute atomic E-state index is 0.312. The zero-order valence-corrected chi connectivity index (χ0v) is 13.8. The molecule has 0 spiro atoms. The lowest BCUT2D eigenvalue weighted by Crippen LogP contribution is -2.30. The van der Waals surface area contributed by atoms with E-state index in [4.69, 9.17) is 14.6 Å². The van der Waals surface area contributed by atoms with Gasteiger partial charge in [-0.3, -0.25) is 0 Å². The summed E-state index contributed by atoms with van der Waals surface area (Å²) >= 11 is 0. The number of phenols is 1. The fourth-order valence-electron chi connectivity index (χ4n) is 2.21. The Morgan fingerprint density at radius 3 is 2.38 bits per heavy atom. The van der Waals surface area contributed by atoms with Gasteiger partial charge in [-0.1, -0.05) is 30.3 Å². The summed E-state index contributed by atoms with van der Waals surface area (Å²) in [5.41, 5.74) is -0.0822. The molecule has 1 heterocycles. The molecule has 128 valence electrons. The number of para-hydroxylation sites is 2. The Morgan fingerprint density at radius 2 is 1.83 bits per heavy atom. The third-order valence-corrected chi connectivity index (χ3v) is 3.49. The Morgan fingerprint density at radius 1 is 1.17 bits per heavy atom. The zero-order valence-electron chi connectivity index (χ0n) is 13.8. The van der Waals surface area contributed by atoms with E-state index in [1.165, 1.54) is 7.05 Å². The molecule has 2 aromatic carbocycles. The van der Waals surface area contributed by atoms with Gasteiger partial charge in [0.25, 0.3) is 0 Å². The molecule has 2 aromatic rings. The van der Waals surface area contributed by atoms with Gasteiger partial charge in [-0.15, -0.1) is 0 Å². The fourth-order valence-corrected chi connectivity index (χ4v) is 2.21. The van der Waals surface area contributed by atoms with E-state index < -0.39 is 17.8 Å². The molecule has 3 rings (SSSR count). The first kappa shape index (κ1) is 17.6. The number of rotatable bonds is 1. The van der Waals surface area contributed by atoms with Crippen LogP contribution in [0, 0.1) is 0 Å². The topological polar surface area (TPSA) is 88.0 Å². The first-order valence-electron chi connectivity index (χ1n) is 7.48. The smallest absolute Gasteiger partial charge is 0.412 e. The molecule has 1 unspecified atom stereocenters. The Hall–Kier alpha value is -2.73. The highest BCUT2D eigenvalue weighted by Crippen LogP contribution is 2.47. The van der Waals surface area contributed by atoms with Gasteiger partial charge in [0, 0.05) is 12.6 Å². The third kappa shape index (κ3) is 3.97. The summed E-state index contributed by atoms with van der Waals surface area (Å²) in [4.78, 5) is 11.2. The van der Waals surface area contributed by atoms with Crippen molar-refractivity contribution in [1.29, 1.82) is 0 Å². The van der Waals surface area contributed by atoms with E-state index >= 15 is 0 Å². The average molecular weight is 331 g/mol. The molecule has 0 bridgehead atoms. The summed E-state index contributed by atoms with van der Waals surface area (Å²) in [6.45, 7) is 3.56. The number of nitrogens with one attached hydrogen (secondary N) is 1.